The van der Waals surface area contributed by atoms with Crippen molar-refractivity contribution in [1.82, 2.24) is 0 Å². The van der Waals surface area contributed by atoms with E-state index in [4.69, 9.17) is 0 Å². The van der Waals surface area contributed by atoms with Crippen LogP contribution in [0.15, 0.2) is 27.7 Å². The molecule has 0 bridgehead atoms. The van der Waals surface area contributed by atoms with E-state index in [2.05, 4.69) is 39.1 Å². The summed E-state index contributed by atoms with van der Waals surface area (Å²) in [5.74, 6) is 0. The van der Waals surface area contributed by atoms with Gasteiger partial charge in [-0.2, -0.15) is 4.99 Å². The van der Waals surface area contributed by atoms with Crippen LogP contribution in [0.1, 0.15) is 30.4 Å². The molecule has 0 amide bonds. The van der Waals surface area contributed by atoms with Crippen LogP contribution < -0.4 is 0 Å². The third kappa shape index (κ3) is 1.77. The summed E-state index contributed by atoms with van der Waals surface area (Å²) in [4.78, 5) is 14.4. The Morgan fingerprint density at radius 1 is 1.47 bits per heavy atom. The van der Waals surface area contributed by atoms with Crippen LogP contribution in [-0.2, 0) is 10.3 Å². The Labute approximate surface area is 97.5 Å². The van der Waals surface area contributed by atoms with Crippen molar-refractivity contribution in [3.63, 3.8) is 0 Å². The summed E-state index contributed by atoms with van der Waals surface area (Å²) in [6.07, 6.45) is 4.73. The molecule has 1 fully saturated rings. The topological polar surface area (TPSA) is 29.4 Å². The maximum absolute atomic E-state index is 10.5. The van der Waals surface area contributed by atoms with E-state index in [9.17, 15) is 4.79 Å². The highest BCUT2D eigenvalue weighted by Gasteiger charge is 2.40. The van der Waals surface area contributed by atoms with E-state index in [1.54, 1.807) is 6.08 Å². The number of hydrogen-bond donors (Lipinski definition) is 0. The number of isocyanates is 1. The van der Waals surface area contributed by atoms with E-state index in [-0.39, 0.29) is 5.54 Å². The van der Waals surface area contributed by atoms with Gasteiger partial charge in [0.2, 0.25) is 6.08 Å². The maximum Gasteiger partial charge on any atom is 0.235 e. The Bertz CT molecular complexity index is 431. The van der Waals surface area contributed by atoms with Crippen LogP contribution in [0.25, 0.3) is 0 Å². The van der Waals surface area contributed by atoms with Crippen molar-refractivity contribution in [3.8, 4) is 0 Å². The standard InChI is InChI=1S/C12H12BrNO/c1-9-3-4-10(11(13)7-9)12(14-8-15)5-2-6-12/h3-4,7H,2,5-6H2,1H3. The second-order valence-corrected chi connectivity index (χ2v) is 4.93. The summed E-state index contributed by atoms with van der Waals surface area (Å²) in [5, 5.41) is 0. The number of halogens is 1. The lowest BCUT2D eigenvalue weighted by Gasteiger charge is -2.37. The minimum Gasteiger partial charge on any atom is -0.211 e. The Balaban J connectivity index is 2.47. The van der Waals surface area contributed by atoms with E-state index in [0.717, 1.165) is 29.3 Å². The third-order valence-electron chi connectivity index (χ3n) is 3.07. The van der Waals surface area contributed by atoms with Crippen molar-refractivity contribution in [1.29, 1.82) is 0 Å². The van der Waals surface area contributed by atoms with Gasteiger partial charge in [0.15, 0.2) is 0 Å². The van der Waals surface area contributed by atoms with Crippen LogP contribution in [0.2, 0.25) is 0 Å². The fourth-order valence-corrected chi connectivity index (χ4v) is 2.90. The second kappa shape index (κ2) is 3.92. The van der Waals surface area contributed by atoms with Gasteiger partial charge in [-0.1, -0.05) is 28.1 Å². The molecule has 0 N–H and O–H groups in total. The van der Waals surface area contributed by atoms with Gasteiger partial charge in [0, 0.05) is 4.47 Å². The lowest BCUT2D eigenvalue weighted by molar-refractivity contribution is 0.255. The molecule has 1 aromatic carbocycles. The molecule has 0 aliphatic heterocycles. The molecule has 78 valence electrons. The van der Waals surface area contributed by atoms with Gasteiger partial charge in [0.25, 0.3) is 0 Å². The number of aryl methyl sites for hydroxylation is 1. The lowest BCUT2D eigenvalue weighted by Crippen LogP contribution is -2.32. The predicted molar refractivity (Wildman–Crippen MR) is 62.5 cm³/mol. The van der Waals surface area contributed by atoms with E-state index >= 15 is 0 Å². The molecular weight excluding hydrogens is 254 g/mol. The molecule has 0 saturated heterocycles. The van der Waals surface area contributed by atoms with E-state index in [0.29, 0.717) is 0 Å². The van der Waals surface area contributed by atoms with Crippen molar-refractivity contribution < 1.29 is 4.79 Å². The molecule has 15 heavy (non-hydrogen) atoms. The molecule has 2 rings (SSSR count). The van der Waals surface area contributed by atoms with Gasteiger partial charge in [0.05, 0.1) is 5.54 Å². The van der Waals surface area contributed by atoms with Gasteiger partial charge in [-0.3, -0.25) is 0 Å². The summed E-state index contributed by atoms with van der Waals surface area (Å²) in [6, 6.07) is 6.18. The first kappa shape index (κ1) is 10.6. The molecule has 0 atom stereocenters. The fraction of sp³-hybridized carbons (Fsp3) is 0.417. The fourth-order valence-electron chi connectivity index (χ4n) is 2.04. The van der Waals surface area contributed by atoms with Crippen molar-refractivity contribution in [2.75, 3.05) is 0 Å². The van der Waals surface area contributed by atoms with Gasteiger partial charge >= 0.3 is 0 Å². The zero-order valence-corrected chi connectivity index (χ0v) is 10.2. The molecule has 1 aliphatic rings. The largest absolute Gasteiger partial charge is 0.235 e. The molecule has 0 unspecified atom stereocenters. The molecular formula is C12H12BrNO. The van der Waals surface area contributed by atoms with Gasteiger partial charge < -0.3 is 0 Å². The molecule has 1 aliphatic carbocycles. The lowest BCUT2D eigenvalue weighted by atomic mass is 9.72. The van der Waals surface area contributed by atoms with Gasteiger partial charge in [-0.05, 0) is 43.4 Å². The van der Waals surface area contributed by atoms with Crippen molar-refractivity contribution in [2.24, 2.45) is 4.99 Å². The first-order valence-electron chi connectivity index (χ1n) is 5.04. The molecule has 0 spiro atoms. The minimum absolute atomic E-state index is 0.297. The molecule has 0 heterocycles. The van der Waals surface area contributed by atoms with Crippen LogP contribution in [0, 0.1) is 6.92 Å². The Hall–Kier alpha value is -0.920. The summed E-state index contributed by atoms with van der Waals surface area (Å²) < 4.78 is 1.04. The molecule has 3 heteroatoms. The number of aliphatic imine (C=N–C) groups is 1. The molecule has 1 saturated carbocycles. The van der Waals surface area contributed by atoms with Crippen LogP contribution in [-0.4, -0.2) is 6.08 Å². The Morgan fingerprint density at radius 3 is 2.67 bits per heavy atom. The molecule has 1 aromatic rings. The number of hydrogen-bond acceptors (Lipinski definition) is 2. The zero-order valence-electron chi connectivity index (χ0n) is 8.59. The Kier molecular flexibility index (Phi) is 2.76. The van der Waals surface area contributed by atoms with Gasteiger partial charge in [-0.15, -0.1) is 0 Å². The van der Waals surface area contributed by atoms with Crippen LogP contribution in [0.4, 0.5) is 0 Å². The van der Waals surface area contributed by atoms with Crippen LogP contribution in [0.5, 0.6) is 0 Å². The van der Waals surface area contributed by atoms with Gasteiger partial charge in [0.1, 0.15) is 0 Å². The highest BCUT2D eigenvalue weighted by molar-refractivity contribution is 9.10. The first-order valence-corrected chi connectivity index (χ1v) is 5.83. The highest BCUT2D eigenvalue weighted by Crippen LogP contribution is 2.47. The third-order valence-corrected chi connectivity index (χ3v) is 3.72. The van der Waals surface area contributed by atoms with Crippen LogP contribution >= 0.6 is 15.9 Å². The first-order chi connectivity index (χ1) is 7.18. The molecule has 0 radical (unpaired) electrons. The van der Waals surface area contributed by atoms with Crippen LogP contribution in [0.3, 0.4) is 0 Å². The summed E-state index contributed by atoms with van der Waals surface area (Å²) in [7, 11) is 0. The number of rotatable bonds is 2. The number of carbonyl (C=O) groups excluding carboxylic acids is 1. The van der Waals surface area contributed by atoms with E-state index < -0.39 is 0 Å². The van der Waals surface area contributed by atoms with Crippen molar-refractivity contribution in [3.05, 3.63) is 33.8 Å². The van der Waals surface area contributed by atoms with Crippen molar-refractivity contribution >= 4 is 22.0 Å². The average Bonchev–Trinajstić information content (AvgIpc) is 2.12. The summed E-state index contributed by atoms with van der Waals surface area (Å²) in [5.41, 5.74) is 2.02. The maximum atomic E-state index is 10.5. The molecule has 2 nitrogen and oxygen atoms in total. The van der Waals surface area contributed by atoms with Gasteiger partial charge in [-0.25, -0.2) is 4.79 Å². The smallest absolute Gasteiger partial charge is 0.211 e. The van der Waals surface area contributed by atoms with Crippen molar-refractivity contribution in [2.45, 2.75) is 31.7 Å². The normalized spacial score (nSPS) is 17.7. The summed E-state index contributed by atoms with van der Waals surface area (Å²) in [6.45, 7) is 2.05. The zero-order chi connectivity index (χ0) is 10.9. The number of benzene rings is 1. The molecule has 0 aromatic heterocycles. The van der Waals surface area contributed by atoms with E-state index in [1.807, 2.05) is 6.92 Å². The summed E-state index contributed by atoms with van der Waals surface area (Å²) >= 11 is 3.54. The number of nitrogens with zero attached hydrogens (tertiary/aromatic N) is 1. The Morgan fingerprint density at radius 2 is 2.20 bits per heavy atom. The monoisotopic (exact) mass is 265 g/mol. The SMILES string of the molecule is Cc1ccc(C2(N=C=O)CCC2)c(Br)c1. The predicted octanol–water partition coefficient (Wildman–Crippen LogP) is 3.47. The second-order valence-electron chi connectivity index (χ2n) is 4.07. The minimum atomic E-state index is -0.297. The van der Waals surface area contributed by atoms with E-state index in [1.165, 1.54) is 5.56 Å². The highest BCUT2D eigenvalue weighted by atomic mass is 79.9. The average molecular weight is 266 g/mol. The quantitative estimate of drug-likeness (QED) is 0.595.